The molecule has 0 bridgehead atoms. The van der Waals surface area contributed by atoms with Crippen molar-refractivity contribution in [2.75, 3.05) is 0 Å². The van der Waals surface area contributed by atoms with Gasteiger partial charge in [-0.3, -0.25) is 0 Å². The van der Waals surface area contributed by atoms with Crippen molar-refractivity contribution >= 4 is 17.9 Å². The summed E-state index contributed by atoms with van der Waals surface area (Å²) in [5.41, 5.74) is 2.95. The Kier molecular flexibility index (Phi) is 10.6. The van der Waals surface area contributed by atoms with Gasteiger partial charge in [0.25, 0.3) is 0 Å². The van der Waals surface area contributed by atoms with Crippen molar-refractivity contribution in [1.29, 1.82) is 0 Å². The van der Waals surface area contributed by atoms with Crippen molar-refractivity contribution in [3.8, 4) is 51.7 Å². The van der Waals surface area contributed by atoms with E-state index in [1.807, 2.05) is 158 Å². The van der Waals surface area contributed by atoms with Gasteiger partial charge in [0.2, 0.25) is 17.2 Å². The van der Waals surface area contributed by atoms with Crippen LogP contribution in [0.25, 0.3) is 0 Å². The van der Waals surface area contributed by atoms with E-state index in [1.54, 1.807) is 24.3 Å². The van der Waals surface area contributed by atoms with E-state index in [2.05, 4.69) is 0 Å². The number of rotatable bonds is 11. The van der Waals surface area contributed by atoms with Crippen LogP contribution in [0.1, 0.15) is 64.5 Å². The molecule has 0 atom stereocenters. The lowest BCUT2D eigenvalue weighted by atomic mass is 9.97. The molecular formula is C60H38O13. The first-order valence-corrected chi connectivity index (χ1v) is 23.0. The number of aromatic hydroxyl groups is 1. The molecule has 3 aliphatic rings. The molecule has 0 aromatic heterocycles. The number of carbonyl (C=O) groups is 3. The highest BCUT2D eigenvalue weighted by Gasteiger charge is 2.50. The van der Waals surface area contributed by atoms with Crippen LogP contribution < -0.4 is 37.9 Å². The highest BCUT2D eigenvalue weighted by Crippen LogP contribution is 2.56. The normalized spacial score (nSPS) is 14.7. The summed E-state index contributed by atoms with van der Waals surface area (Å²) in [5, 5.41) is 21.8. The fraction of sp³-hybridized carbons (Fsp3) is 0.0500. The van der Waals surface area contributed by atoms with Gasteiger partial charge in [-0.1, -0.05) is 182 Å². The summed E-state index contributed by atoms with van der Waals surface area (Å²) in [6.45, 7) is 0. The van der Waals surface area contributed by atoms with Crippen LogP contribution in [0.4, 0.5) is 0 Å². The fourth-order valence-corrected chi connectivity index (χ4v) is 9.21. The minimum atomic E-state index is -1.65. The summed E-state index contributed by atoms with van der Waals surface area (Å²) in [5.74, 6) is -9.08. The van der Waals surface area contributed by atoms with E-state index in [-0.39, 0.29) is 62.7 Å². The molecule has 0 unspecified atom stereocenters. The summed E-state index contributed by atoms with van der Waals surface area (Å²) < 4.78 is 52.0. The molecule has 0 saturated carbocycles. The van der Waals surface area contributed by atoms with E-state index in [1.165, 1.54) is 30.3 Å². The van der Waals surface area contributed by atoms with Crippen LogP contribution in [0.15, 0.2) is 218 Å². The molecule has 0 spiro atoms. The number of carbonyl (C=O) groups excluding carboxylic acids is 2. The van der Waals surface area contributed by atoms with Crippen LogP contribution in [0.3, 0.4) is 0 Å². The third-order valence-corrected chi connectivity index (χ3v) is 12.6. The number of ether oxygens (including phenoxy) is 8. The lowest BCUT2D eigenvalue weighted by Crippen LogP contribution is -2.36. The van der Waals surface area contributed by atoms with Crippen molar-refractivity contribution in [2.45, 2.75) is 17.4 Å². The molecule has 3 aliphatic heterocycles. The molecule has 12 rings (SSSR count). The summed E-state index contributed by atoms with van der Waals surface area (Å²) in [6.07, 6.45) is 0. The van der Waals surface area contributed by atoms with Gasteiger partial charge in [-0.05, 0) is 36.4 Å². The summed E-state index contributed by atoms with van der Waals surface area (Å²) in [7, 11) is 0. The van der Waals surface area contributed by atoms with Crippen LogP contribution >= 0.6 is 0 Å². The van der Waals surface area contributed by atoms with E-state index in [0.29, 0.717) is 33.4 Å². The lowest BCUT2D eigenvalue weighted by Gasteiger charge is -2.28. The molecule has 13 heteroatoms. The smallest absolute Gasteiger partial charge is 0.343 e. The maximum absolute atomic E-state index is 14.7. The number of hydrogen-bond donors (Lipinski definition) is 2. The van der Waals surface area contributed by atoms with Gasteiger partial charge in [-0.2, -0.15) is 0 Å². The van der Waals surface area contributed by atoms with Gasteiger partial charge < -0.3 is 48.1 Å². The number of hydrogen-bond acceptors (Lipinski definition) is 12. The highest BCUT2D eigenvalue weighted by atomic mass is 16.8. The molecule has 0 aliphatic carbocycles. The van der Waals surface area contributed by atoms with Crippen molar-refractivity contribution in [3.63, 3.8) is 0 Å². The maximum Gasteiger partial charge on any atom is 0.343 e. The van der Waals surface area contributed by atoms with Gasteiger partial charge in [0.1, 0.15) is 0 Å². The Hall–Kier alpha value is -10.0. The van der Waals surface area contributed by atoms with Crippen molar-refractivity contribution in [1.82, 2.24) is 0 Å². The first kappa shape index (κ1) is 44.2. The Labute approximate surface area is 416 Å². The number of aromatic carboxylic acids is 1. The van der Waals surface area contributed by atoms with Crippen LogP contribution in [-0.2, 0) is 17.4 Å². The molecular weight excluding hydrogens is 929 g/mol. The van der Waals surface area contributed by atoms with Gasteiger partial charge in [-0.15, -0.1) is 0 Å². The summed E-state index contributed by atoms with van der Waals surface area (Å²) >= 11 is 0. The Morgan fingerprint density at radius 1 is 0.342 bits per heavy atom. The molecule has 73 heavy (non-hydrogen) atoms. The Bertz CT molecular complexity index is 3470. The lowest BCUT2D eigenvalue weighted by molar-refractivity contribution is -0.0469. The molecule has 0 fully saturated rings. The predicted octanol–water partition coefficient (Wildman–Crippen LogP) is 11.5. The fourth-order valence-electron chi connectivity index (χ4n) is 9.21. The van der Waals surface area contributed by atoms with Crippen molar-refractivity contribution < 1.29 is 62.5 Å². The van der Waals surface area contributed by atoms with Crippen molar-refractivity contribution in [2.24, 2.45) is 0 Å². The van der Waals surface area contributed by atoms with Gasteiger partial charge in [0, 0.05) is 33.4 Å². The molecule has 2 N–H and O–H groups in total. The van der Waals surface area contributed by atoms with Crippen LogP contribution in [0.2, 0.25) is 0 Å². The van der Waals surface area contributed by atoms with Crippen LogP contribution in [0.5, 0.6) is 51.7 Å². The van der Waals surface area contributed by atoms with Gasteiger partial charge >= 0.3 is 35.3 Å². The zero-order valence-corrected chi connectivity index (χ0v) is 38.2. The molecule has 0 amide bonds. The van der Waals surface area contributed by atoms with E-state index in [9.17, 15) is 24.6 Å². The number of carboxylic acids is 1. The zero-order valence-electron chi connectivity index (χ0n) is 38.2. The first-order valence-electron chi connectivity index (χ1n) is 23.0. The topological polar surface area (TPSA) is 166 Å². The molecule has 3 heterocycles. The Morgan fingerprint density at radius 2 is 0.616 bits per heavy atom. The predicted molar refractivity (Wildman–Crippen MR) is 263 cm³/mol. The van der Waals surface area contributed by atoms with E-state index < -0.39 is 41.0 Å². The van der Waals surface area contributed by atoms with E-state index >= 15 is 0 Å². The van der Waals surface area contributed by atoms with Crippen LogP contribution in [0, 0.1) is 0 Å². The second-order valence-corrected chi connectivity index (χ2v) is 17.2. The second kappa shape index (κ2) is 17.4. The Morgan fingerprint density at radius 3 is 0.945 bits per heavy atom. The maximum atomic E-state index is 14.7. The number of benzene rings is 9. The minimum Gasteiger partial charge on any atom is -0.504 e. The SMILES string of the molecule is O=C(O)c1cc(OC(=O)c2cc(OC(=O)c3cc(O)c4c(c3)OC(c3ccccc3)(c3ccccc3)O4)c3c(c2)OC(c2ccccc2)(c2ccccc2)O3)c2c(c1)OC(c1ccccc1)(c1ccccc1)O2. The second-order valence-electron chi connectivity index (χ2n) is 17.2. The van der Waals surface area contributed by atoms with Gasteiger partial charge in [0.15, 0.2) is 34.5 Å². The zero-order chi connectivity index (χ0) is 49.7. The minimum absolute atomic E-state index is 0.000240. The van der Waals surface area contributed by atoms with Gasteiger partial charge in [0.05, 0.1) is 16.7 Å². The summed E-state index contributed by atoms with van der Waals surface area (Å²) in [4.78, 5) is 41.8. The Balaban J connectivity index is 0.937. The number of esters is 2. The highest BCUT2D eigenvalue weighted by molar-refractivity contribution is 5.97. The van der Waals surface area contributed by atoms with Gasteiger partial charge in [-0.25, -0.2) is 14.4 Å². The quantitative estimate of drug-likeness (QED) is 0.0930. The molecule has 9 aromatic carbocycles. The average molecular weight is 967 g/mol. The average Bonchev–Trinajstić information content (AvgIpc) is 4.17. The molecule has 0 saturated heterocycles. The largest absolute Gasteiger partial charge is 0.504 e. The molecule has 0 radical (unpaired) electrons. The number of phenols is 1. The number of phenolic OH excluding ortho intramolecular Hbond substituents is 1. The third kappa shape index (κ3) is 7.54. The number of carboxylic acid groups (broad SMARTS) is 1. The standard InChI is InChI=1S/C60H38O13/c61-46-31-38(35-49-52(46)71-58(68-49,40-19-7-1-8-20-40)41-21-9-2-10-22-41)56(64)67-48-34-39(36-51-54(48)73-60(70-51,44-27-15-5-16-28-44)45-29-17-6-18-30-45)57(65)66-47-32-37(55(62)63)33-50-53(47)72-59(69-50,42-23-11-3-12-24-42)43-25-13-4-14-26-43/h1-36,61H,(H,62,63). The van der Waals surface area contributed by atoms with E-state index in [0.717, 1.165) is 6.07 Å². The van der Waals surface area contributed by atoms with E-state index in [4.69, 9.17) is 37.9 Å². The summed E-state index contributed by atoms with van der Waals surface area (Å²) in [6, 6.07) is 62.3. The monoisotopic (exact) mass is 966 g/mol. The first-order chi connectivity index (χ1) is 35.6. The molecule has 356 valence electrons. The van der Waals surface area contributed by atoms with Crippen molar-refractivity contribution in [3.05, 3.63) is 268 Å². The number of fused-ring (bicyclic) bond motifs is 3. The molecule has 13 nitrogen and oxygen atoms in total. The molecule has 9 aromatic rings. The third-order valence-electron chi connectivity index (χ3n) is 12.6. The van der Waals surface area contributed by atoms with Crippen LogP contribution in [-0.4, -0.2) is 28.1 Å².